The van der Waals surface area contributed by atoms with Crippen LogP contribution < -0.4 is 0 Å². The average Bonchev–Trinajstić information content (AvgIpc) is 2.91. The van der Waals surface area contributed by atoms with Crippen molar-refractivity contribution in [3.63, 3.8) is 0 Å². The summed E-state index contributed by atoms with van der Waals surface area (Å²) in [5, 5.41) is 1.35. The van der Waals surface area contributed by atoms with Crippen LogP contribution in [0.15, 0.2) is 30.5 Å². The Bertz CT molecular complexity index is 532. The Morgan fingerprint density at radius 3 is 3.16 bits per heavy atom. The maximum atomic E-state index is 5.37. The number of nitrogens with one attached hydrogen (secondary N) is 1. The molecule has 3 rings (SSSR count). The maximum absolute atomic E-state index is 5.37. The zero-order valence-electron chi connectivity index (χ0n) is 11.6. The number of hydrogen-bond donors (Lipinski definition) is 1. The van der Waals surface area contributed by atoms with Gasteiger partial charge in [-0.2, -0.15) is 0 Å². The number of hydrogen-bond acceptors (Lipinski definition) is 2. The molecule has 1 fully saturated rings. The van der Waals surface area contributed by atoms with E-state index in [1.807, 2.05) is 6.20 Å². The zero-order valence-corrected chi connectivity index (χ0v) is 11.6. The van der Waals surface area contributed by atoms with Gasteiger partial charge < -0.3 is 9.72 Å². The quantitative estimate of drug-likeness (QED) is 0.912. The lowest BCUT2D eigenvalue weighted by Crippen LogP contribution is -2.41. The van der Waals surface area contributed by atoms with Crippen molar-refractivity contribution in [1.29, 1.82) is 0 Å². The molecule has 0 spiro atoms. The highest BCUT2D eigenvalue weighted by molar-refractivity contribution is 5.82. The number of benzene rings is 1. The van der Waals surface area contributed by atoms with Crippen molar-refractivity contribution in [2.45, 2.75) is 31.8 Å². The Balaban J connectivity index is 1.80. The number of piperidine rings is 1. The maximum Gasteiger partial charge on any atom is 0.0618 e. The van der Waals surface area contributed by atoms with Crippen LogP contribution in [0, 0.1) is 0 Å². The predicted molar refractivity (Wildman–Crippen MR) is 78.2 cm³/mol. The Labute approximate surface area is 114 Å². The molecular formula is C16H22N2O. The second-order valence-electron chi connectivity index (χ2n) is 5.43. The van der Waals surface area contributed by atoms with Crippen molar-refractivity contribution < 1.29 is 4.74 Å². The fourth-order valence-electron chi connectivity index (χ4n) is 3.16. The van der Waals surface area contributed by atoms with Gasteiger partial charge in [0, 0.05) is 36.8 Å². The summed E-state index contributed by atoms with van der Waals surface area (Å²) in [4.78, 5) is 5.87. The van der Waals surface area contributed by atoms with Crippen molar-refractivity contribution >= 4 is 10.9 Å². The third kappa shape index (κ3) is 2.67. The molecular weight excluding hydrogens is 236 g/mol. The number of H-pyrrole nitrogens is 1. The lowest BCUT2D eigenvalue weighted by molar-refractivity contribution is 0.0603. The molecule has 102 valence electrons. The summed E-state index contributed by atoms with van der Waals surface area (Å²) in [6.45, 7) is 3.07. The standard InChI is InChI=1S/C16H22N2O/c1-19-12-14-6-2-3-10-18(14)11-13-5-4-7-16-15(13)8-9-17-16/h4-5,7-9,14,17H,2-3,6,10-12H2,1H3/t14-/m0/s1. The van der Waals surface area contributed by atoms with Crippen LogP contribution in [0.4, 0.5) is 0 Å². The van der Waals surface area contributed by atoms with Crippen molar-refractivity contribution in [3.05, 3.63) is 36.0 Å². The minimum Gasteiger partial charge on any atom is -0.383 e. The van der Waals surface area contributed by atoms with Crippen LogP contribution in [0.3, 0.4) is 0 Å². The van der Waals surface area contributed by atoms with Crippen molar-refractivity contribution in [2.75, 3.05) is 20.3 Å². The number of nitrogens with zero attached hydrogens (tertiary/aromatic N) is 1. The summed E-state index contributed by atoms with van der Waals surface area (Å²) < 4.78 is 5.37. The van der Waals surface area contributed by atoms with Gasteiger partial charge in [-0.25, -0.2) is 0 Å². The molecule has 19 heavy (non-hydrogen) atoms. The van der Waals surface area contributed by atoms with Crippen LogP contribution >= 0.6 is 0 Å². The molecule has 1 saturated heterocycles. The van der Waals surface area contributed by atoms with Gasteiger partial charge in [-0.1, -0.05) is 18.6 Å². The smallest absolute Gasteiger partial charge is 0.0618 e. The first-order valence-corrected chi connectivity index (χ1v) is 7.16. The summed E-state index contributed by atoms with van der Waals surface area (Å²) in [6.07, 6.45) is 5.93. The number of fused-ring (bicyclic) bond motifs is 1. The third-order valence-electron chi connectivity index (χ3n) is 4.17. The molecule has 1 aromatic carbocycles. The van der Waals surface area contributed by atoms with Crippen LogP contribution in [0.5, 0.6) is 0 Å². The van der Waals surface area contributed by atoms with E-state index in [4.69, 9.17) is 4.74 Å². The van der Waals surface area contributed by atoms with Gasteiger partial charge in [-0.15, -0.1) is 0 Å². The molecule has 1 N–H and O–H groups in total. The molecule has 0 aliphatic carbocycles. The number of ether oxygens (including phenoxy) is 1. The first kappa shape index (κ1) is 12.7. The highest BCUT2D eigenvalue weighted by Gasteiger charge is 2.22. The fraction of sp³-hybridized carbons (Fsp3) is 0.500. The third-order valence-corrected chi connectivity index (χ3v) is 4.17. The Kier molecular flexibility index (Phi) is 3.85. The summed E-state index contributed by atoms with van der Waals surface area (Å²) in [5.74, 6) is 0. The van der Waals surface area contributed by atoms with E-state index in [2.05, 4.69) is 34.1 Å². The SMILES string of the molecule is COC[C@@H]1CCCCN1Cc1cccc2[nH]ccc12. The summed E-state index contributed by atoms with van der Waals surface area (Å²) >= 11 is 0. The molecule has 0 amide bonds. The van der Waals surface area contributed by atoms with E-state index in [0.29, 0.717) is 6.04 Å². The van der Waals surface area contributed by atoms with Crippen molar-refractivity contribution in [3.8, 4) is 0 Å². The summed E-state index contributed by atoms with van der Waals surface area (Å²) in [7, 11) is 1.81. The average molecular weight is 258 g/mol. The van der Waals surface area contributed by atoms with E-state index < -0.39 is 0 Å². The van der Waals surface area contributed by atoms with Gasteiger partial charge >= 0.3 is 0 Å². The van der Waals surface area contributed by atoms with Crippen LogP contribution in [-0.2, 0) is 11.3 Å². The Hall–Kier alpha value is -1.32. The summed E-state index contributed by atoms with van der Waals surface area (Å²) in [6, 6.07) is 9.28. The first-order valence-electron chi connectivity index (χ1n) is 7.16. The molecule has 1 aromatic heterocycles. The molecule has 3 heteroatoms. The highest BCUT2D eigenvalue weighted by atomic mass is 16.5. The Morgan fingerprint density at radius 2 is 2.26 bits per heavy atom. The topological polar surface area (TPSA) is 28.3 Å². The van der Waals surface area contributed by atoms with Crippen molar-refractivity contribution in [2.24, 2.45) is 0 Å². The Morgan fingerprint density at radius 1 is 1.32 bits per heavy atom. The van der Waals surface area contributed by atoms with E-state index in [9.17, 15) is 0 Å². The zero-order chi connectivity index (χ0) is 13.1. The number of methoxy groups -OCH3 is 1. The van der Waals surface area contributed by atoms with Gasteiger partial charge in [0.05, 0.1) is 6.61 Å². The van der Waals surface area contributed by atoms with Crippen LogP contribution in [0.25, 0.3) is 10.9 Å². The van der Waals surface area contributed by atoms with Gasteiger partial charge in [0.1, 0.15) is 0 Å². The van der Waals surface area contributed by atoms with Gasteiger partial charge in [-0.3, -0.25) is 4.90 Å². The first-order chi connectivity index (χ1) is 9.38. The molecule has 2 aromatic rings. The summed E-state index contributed by atoms with van der Waals surface area (Å²) in [5.41, 5.74) is 2.65. The number of aromatic amines is 1. The molecule has 0 radical (unpaired) electrons. The predicted octanol–water partition coefficient (Wildman–Crippen LogP) is 3.17. The molecule has 1 atom stereocenters. The lowest BCUT2D eigenvalue weighted by Gasteiger charge is -2.35. The number of likely N-dealkylation sites (tertiary alicyclic amines) is 1. The minimum absolute atomic E-state index is 0.577. The van der Waals surface area contributed by atoms with E-state index >= 15 is 0 Å². The van der Waals surface area contributed by atoms with Crippen LogP contribution in [0.2, 0.25) is 0 Å². The molecule has 1 aliphatic rings. The molecule has 2 heterocycles. The fourth-order valence-corrected chi connectivity index (χ4v) is 3.16. The van der Waals surface area contributed by atoms with Gasteiger partial charge in [0.15, 0.2) is 0 Å². The van der Waals surface area contributed by atoms with Crippen molar-refractivity contribution in [1.82, 2.24) is 9.88 Å². The van der Waals surface area contributed by atoms with Crippen LogP contribution in [0.1, 0.15) is 24.8 Å². The van der Waals surface area contributed by atoms with E-state index in [1.54, 1.807) is 7.11 Å². The minimum atomic E-state index is 0.577. The van der Waals surface area contributed by atoms with Gasteiger partial charge in [-0.05, 0) is 37.1 Å². The highest BCUT2D eigenvalue weighted by Crippen LogP contribution is 2.23. The second kappa shape index (κ2) is 5.76. The molecule has 1 aliphatic heterocycles. The molecule has 0 unspecified atom stereocenters. The molecule has 0 saturated carbocycles. The van der Waals surface area contributed by atoms with E-state index in [-0.39, 0.29) is 0 Å². The number of rotatable bonds is 4. The largest absolute Gasteiger partial charge is 0.383 e. The second-order valence-corrected chi connectivity index (χ2v) is 5.43. The molecule has 3 nitrogen and oxygen atoms in total. The van der Waals surface area contributed by atoms with Gasteiger partial charge in [0.2, 0.25) is 0 Å². The van der Waals surface area contributed by atoms with E-state index in [0.717, 1.165) is 13.2 Å². The monoisotopic (exact) mass is 258 g/mol. The molecule has 0 bridgehead atoms. The number of aromatic nitrogens is 1. The van der Waals surface area contributed by atoms with Gasteiger partial charge in [0.25, 0.3) is 0 Å². The van der Waals surface area contributed by atoms with Crippen LogP contribution in [-0.4, -0.2) is 36.2 Å². The van der Waals surface area contributed by atoms with E-state index in [1.165, 1.54) is 42.3 Å². The lowest BCUT2D eigenvalue weighted by atomic mass is 10.0. The normalized spacial score (nSPS) is 21.0.